The predicted molar refractivity (Wildman–Crippen MR) is 190 cm³/mol. The number of thiol groups is 1. The van der Waals surface area contributed by atoms with Gasteiger partial charge in [-0.05, 0) is 76.7 Å². The lowest BCUT2D eigenvalue weighted by Crippen LogP contribution is -2.26. The van der Waals surface area contributed by atoms with Crippen molar-refractivity contribution in [2.45, 2.75) is 59.0 Å². The van der Waals surface area contributed by atoms with Crippen LogP contribution < -0.4 is 16.2 Å². The van der Waals surface area contributed by atoms with E-state index in [1.54, 1.807) is 0 Å². The highest BCUT2D eigenvalue weighted by Gasteiger charge is 2.23. The number of nitrogens with two attached hydrogens (primary N) is 2. The van der Waals surface area contributed by atoms with E-state index in [0.29, 0.717) is 6.54 Å². The summed E-state index contributed by atoms with van der Waals surface area (Å²) in [6.45, 7) is 20.3. The number of nitrogens with zero attached hydrogens (tertiary/aromatic N) is 1. The first-order chi connectivity index (χ1) is 20.6. The number of fused-ring (bicyclic) bond motifs is 2. The fourth-order valence-electron chi connectivity index (χ4n) is 5.79. The second-order valence-electron chi connectivity index (χ2n) is 11.8. The normalized spacial score (nSPS) is 14.3. The third-order valence-electron chi connectivity index (χ3n) is 8.04. The first-order valence-corrected chi connectivity index (χ1v) is 15.3. The molecule has 5 rings (SSSR count). The van der Waals surface area contributed by atoms with E-state index >= 15 is 0 Å². The van der Waals surface area contributed by atoms with Gasteiger partial charge in [0.15, 0.2) is 0 Å². The van der Waals surface area contributed by atoms with Crippen molar-refractivity contribution < 1.29 is 5.11 Å². The molecule has 0 bridgehead atoms. The molecule has 0 saturated carbocycles. The topological polar surface area (TPSA) is 87.5 Å². The molecule has 1 aliphatic heterocycles. The zero-order valence-corrected chi connectivity index (χ0v) is 27.2. The summed E-state index contributed by atoms with van der Waals surface area (Å²) in [7, 11) is 0. The SMILES string of the molecule is C=C(c1ccc(Nc2cc(C(C)(C)C)cc(C)c2CC)c2ccccc12)N1CCc2ccccc2C(O)C1.C=CN.NS. The summed E-state index contributed by atoms with van der Waals surface area (Å²) in [4.78, 5) is 2.24. The highest BCUT2D eigenvalue weighted by Crippen LogP contribution is 2.37. The highest BCUT2D eigenvalue weighted by molar-refractivity contribution is 7.77. The van der Waals surface area contributed by atoms with Gasteiger partial charge in [-0.2, -0.15) is 0 Å². The quantitative estimate of drug-likeness (QED) is 0.150. The van der Waals surface area contributed by atoms with Crippen LogP contribution in [0.5, 0.6) is 0 Å². The van der Waals surface area contributed by atoms with Gasteiger partial charge < -0.3 is 21.1 Å². The molecular formula is C37H48N4OS. The van der Waals surface area contributed by atoms with Gasteiger partial charge in [0.05, 0.1) is 6.10 Å². The van der Waals surface area contributed by atoms with Gasteiger partial charge in [0.25, 0.3) is 0 Å². The lowest BCUT2D eigenvalue weighted by molar-refractivity contribution is 0.146. The van der Waals surface area contributed by atoms with Crippen molar-refractivity contribution in [2.75, 3.05) is 18.4 Å². The Labute approximate surface area is 263 Å². The number of benzene rings is 4. The molecule has 5 nitrogen and oxygen atoms in total. The van der Waals surface area contributed by atoms with Gasteiger partial charge >= 0.3 is 0 Å². The van der Waals surface area contributed by atoms with Gasteiger partial charge in [-0.25, -0.2) is 0 Å². The van der Waals surface area contributed by atoms with Crippen LogP contribution in [-0.2, 0) is 18.3 Å². The zero-order chi connectivity index (χ0) is 31.7. The van der Waals surface area contributed by atoms with Gasteiger partial charge in [0, 0.05) is 41.1 Å². The van der Waals surface area contributed by atoms with Crippen LogP contribution in [0.4, 0.5) is 11.4 Å². The molecule has 1 heterocycles. The van der Waals surface area contributed by atoms with Crippen LogP contribution in [0.25, 0.3) is 16.5 Å². The number of aliphatic hydroxyl groups excluding tert-OH is 1. The largest absolute Gasteiger partial charge is 0.405 e. The fraction of sp³-hybridized carbons (Fsp3) is 0.297. The zero-order valence-electron chi connectivity index (χ0n) is 26.3. The van der Waals surface area contributed by atoms with E-state index in [-0.39, 0.29) is 5.41 Å². The smallest absolute Gasteiger partial charge is 0.0967 e. The number of aliphatic hydroxyl groups is 1. The maximum absolute atomic E-state index is 11.0. The van der Waals surface area contributed by atoms with Gasteiger partial charge in [-0.1, -0.05) is 102 Å². The first kappa shape index (κ1) is 33.8. The highest BCUT2D eigenvalue weighted by atomic mass is 32.1. The van der Waals surface area contributed by atoms with Gasteiger partial charge in [0.2, 0.25) is 0 Å². The molecule has 43 heavy (non-hydrogen) atoms. The van der Waals surface area contributed by atoms with E-state index in [4.69, 9.17) is 0 Å². The van der Waals surface area contributed by atoms with Crippen LogP contribution >= 0.6 is 12.8 Å². The van der Waals surface area contributed by atoms with Gasteiger partial charge in [-0.3, -0.25) is 5.14 Å². The van der Waals surface area contributed by atoms with Crippen molar-refractivity contribution in [3.63, 3.8) is 0 Å². The summed E-state index contributed by atoms with van der Waals surface area (Å²) in [5.41, 5.74) is 15.3. The van der Waals surface area contributed by atoms with Crippen molar-refractivity contribution in [3.05, 3.63) is 126 Å². The fourth-order valence-corrected chi connectivity index (χ4v) is 5.79. The van der Waals surface area contributed by atoms with Crippen molar-refractivity contribution in [1.29, 1.82) is 0 Å². The van der Waals surface area contributed by atoms with E-state index in [0.717, 1.165) is 41.9 Å². The van der Waals surface area contributed by atoms with E-state index in [2.05, 4.69) is 142 Å². The number of hydrogen-bond acceptors (Lipinski definition) is 6. The summed E-state index contributed by atoms with van der Waals surface area (Å²) in [6, 6.07) is 25.8. The average molecular weight is 597 g/mol. The second kappa shape index (κ2) is 15.1. The molecule has 0 fully saturated rings. The Morgan fingerprint density at radius 3 is 2.30 bits per heavy atom. The molecule has 6 N–H and O–H groups in total. The third-order valence-corrected chi connectivity index (χ3v) is 8.04. The van der Waals surface area contributed by atoms with Crippen LogP contribution in [0, 0.1) is 6.92 Å². The van der Waals surface area contributed by atoms with E-state index in [1.807, 2.05) is 12.1 Å². The van der Waals surface area contributed by atoms with Crippen LogP contribution in [0.2, 0.25) is 0 Å². The Kier molecular flexibility index (Phi) is 11.9. The molecular weight excluding hydrogens is 549 g/mol. The molecule has 1 unspecified atom stereocenters. The van der Waals surface area contributed by atoms with Crippen molar-refractivity contribution in [1.82, 2.24) is 4.90 Å². The monoisotopic (exact) mass is 596 g/mol. The number of hydrogen-bond donors (Lipinski definition) is 5. The lowest BCUT2D eigenvalue weighted by Gasteiger charge is -2.28. The maximum Gasteiger partial charge on any atom is 0.0967 e. The molecule has 0 radical (unpaired) electrons. The van der Waals surface area contributed by atoms with Crippen LogP contribution in [0.1, 0.15) is 67.2 Å². The minimum Gasteiger partial charge on any atom is -0.405 e. The minimum atomic E-state index is -0.525. The van der Waals surface area contributed by atoms with E-state index in [1.165, 1.54) is 44.9 Å². The third kappa shape index (κ3) is 7.82. The lowest BCUT2D eigenvalue weighted by atomic mass is 9.84. The molecule has 0 amide bonds. The average Bonchev–Trinajstić information content (AvgIpc) is 3.16. The van der Waals surface area contributed by atoms with Crippen LogP contribution in [0.3, 0.4) is 0 Å². The van der Waals surface area contributed by atoms with Crippen molar-refractivity contribution >= 4 is 40.7 Å². The minimum absolute atomic E-state index is 0.0779. The van der Waals surface area contributed by atoms with Gasteiger partial charge in [-0.15, -0.1) is 12.8 Å². The number of β-amino-alcohol motifs (C(OH)–C–C–N with tert-alkyl or cyclic N) is 1. The van der Waals surface area contributed by atoms with Crippen molar-refractivity contribution in [2.24, 2.45) is 10.9 Å². The number of aryl methyl sites for hydroxylation is 1. The molecule has 1 aliphatic rings. The standard InChI is InChI=1S/C35H40N2O.C2H5N.H3NS/c1-7-27-23(2)20-26(35(4,5)6)21-33(27)36-32-17-16-28(30-14-10-11-15-31(30)32)24(3)37-19-18-25-12-8-9-13-29(25)34(38)22-37;1-2-3;1-2/h8-17,20-21,34,36,38H,3,7,18-19,22H2,1-2,4-6H3;2H,1,3H2;2H,1H2. The first-order valence-electron chi connectivity index (χ1n) is 14.8. The summed E-state index contributed by atoms with van der Waals surface area (Å²) < 4.78 is 0. The molecule has 0 saturated heterocycles. The number of anilines is 2. The van der Waals surface area contributed by atoms with Gasteiger partial charge in [0.1, 0.15) is 0 Å². The van der Waals surface area contributed by atoms with Crippen LogP contribution in [0.15, 0.2) is 92.2 Å². The maximum atomic E-state index is 11.0. The Hall–Kier alpha value is -3.71. The molecule has 0 spiro atoms. The summed E-state index contributed by atoms with van der Waals surface area (Å²) in [6.07, 6.45) is 2.60. The molecule has 0 aromatic heterocycles. The van der Waals surface area contributed by atoms with Crippen molar-refractivity contribution in [3.8, 4) is 0 Å². The second-order valence-corrected chi connectivity index (χ2v) is 11.8. The van der Waals surface area contributed by atoms with E-state index < -0.39 is 6.10 Å². The Morgan fingerprint density at radius 1 is 1.02 bits per heavy atom. The van der Waals surface area contributed by atoms with Crippen LogP contribution in [-0.4, -0.2) is 23.1 Å². The predicted octanol–water partition coefficient (Wildman–Crippen LogP) is 8.19. The Morgan fingerprint density at radius 2 is 1.65 bits per heavy atom. The number of rotatable bonds is 5. The molecule has 4 aromatic carbocycles. The molecule has 0 aliphatic carbocycles. The summed E-state index contributed by atoms with van der Waals surface area (Å²) in [5, 5.41) is 21.3. The molecule has 4 aromatic rings. The van der Waals surface area contributed by atoms with E-state index in [9.17, 15) is 5.11 Å². The Bertz CT molecular complexity index is 1560. The molecule has 228 valence electrons. The molecule has 1 atom stereocenters. The number of nitrogens with one attached hydrogen (secondary N) is 1. The molecule has 6 heteroatoms. The Balaban J connectivity index is 0.000000953. The summed E-state index contributed by atoms with van der Waals surface area (Å²) in [5.74, 6) is 0. The summed E-state index contributed by atoms with van der Waals surface area (Å²) >= 11 is 3.03.